The summed E-state index contributed by atoms with van der Waals surface area (Å²) < 4.78 is 0. The lowest BCUT2D eigenvalue weighted by atomic mass is 10.6. The van der Waals surface area contributed by atoms with Crippen molar-refractivity contribution < 1.29 is 0 Å². The highest BCUT2D eigenvalue weighted by atomic mass is 15.1. The highest BCUT2D eigenvalue weighted by molar-refractivity contribution is 4.61. The molecule has 0 aliphatic heterocycles. The summed E-state index contributed by atoms with van der Waals surface area (Å²) in [5, 5.41) is 0. The minimum Gasteiger partial charge on any atom is -0.316 e. The SMILES string of the molecule is [C-]#[N+]CCN([CH])C. The van der Waals surface area contributed by atoms with Crippen molar-refractivity contribution in [2.75, 3.05) is 20.1 Å². The molecule has 38 valence electrons. The zero-order valence-electron chi connectivity index (χ0n) is 4.39. The summed E-state index contributed by atoms with van der Waals surface area (Å²) in [6.07, 6.45) is 0. The molecule has 0 aliphatic rings. The van der Waals surface area contributed by atoms with E-state index in [0.29, 0.717) is 13.1 Å². The molecule has 0 fully saturated rings. The van der Waals surface area contributed by atoms with Crippen molar-refractivity contribution in [1.82, 2.24) is 4.90 Å². The fourth-order valence-corrected chi connectivity index (χ4v) is 0.208. The van der Waals surface area contributed by atoms with Gasteiger partial charge in [0, 0.05) is 7.05 Å². The van der Waals surface area contributed by atoms with Gasteiger partial charge in [-0.05, 0) is 7.05 Å². The molecule has 0 spiro atoms. The number of hydrogen-bond acceptors (Lipinski definition) is 1. The third kappa shape index (κ3) is 5.45. The molecule has 0 aromatic carbocycles. The maximum absolute atomic E-state index is 6.34. The van der Waals surface area contributed by atoms with E-state index in [1.165, 1.54) is 4.90 Å². The highest BCUT2D eigenvalue weighted by Crippen LogP contribution is 1.74. The Balaban J connectivity index is 2.86. The predicted octanol–water partition coefficient (Wildman–Crippen LogP) is 0.506. The van der Waals surface area contributed by atoms with Crippen molar-refractivity contribution in [3.05, 3.63) is 18.5 Å². The molecule has 0 aliphatic carbocycles. The molecule has 0 aromatic heterocycles. The van der Waals surface area contributed by atoms with E-state index < -0.39 is 0 Å². The normalized spacial score (nSPS) is 8.86. The van der Waals surface area contributed by atoms with Gasteiger partial charge in [0.2, 0.25) is 6.54 Å². The second-order valence-corrected chi connectivity index (χ2v) is 1.36. The van der Waals surface area contributed by atoms with E-state index in [4.69, 9.17) is 13.6 Å². The third-order valence-corrected chi connectivity index (χ3v) is 0.565. The maximum atomic E-state index is 6.34. The van der Waals surface area contributed by atoms with Crippen LogP contribution < -0.4 is 0 Å². The minimum atomic E-state index is 0.493. The van der Waals surface area contributed by atoms with Gasteiger partial charge in [-0.25, -0.2) is 6.57 Å². The summed E-state index contributed by atoms with van der Waals surface area (Å²) in [5.74, 6) is 0. The van der Waals surface area contributed by atoms with Crippen molar-refractivity contribution in [2.45, 2.75) is 0 Å². The van der Waals surface area contributed by atoms with Crippen LogP contribution in [-0.4, -0.2) is 25.0 Å². The molecule has 0 amide bonds. The van der Waals surface area contributed by atoms with Crippen molar-refractivity contribution >= 4 is 0 Å². The van der Waals surface area contributed by atoms with E-state index in [1.807, 2.05) is 0 Å². The predicted molar refractivity (Wildman–Crippen MR) is 28.4 cm³/mol. The second kappa shape index (κ2) is 3.63. The van der Waals surface area contributed by atoms with E-state index in [0.717, 1.165) is 0 Å². The molecule has 0 N–H and O–H groups in total. The molecule has 0 saturated carbocycles. The van der Waals surface area contributed by atoms with Gasteiger partial charge in [0.1, 0.15) is 0 Å². The number of nitrogens with zero attached hydrogens (tertiary/aromatic N) is 2. The molecule has 0 heterocycles. The van der Waals surface area contributed by atoms with Gasteiger partial charge >= 0.3 is 0 Å². The van der Waals surface area contributed by atoms with Gasteiger partial charge in [-0.1, -0.05) is 0 Å². The molecule has 0 unspecified atom stereocenters. The van der Waals surface area contributed by atoms with E-state index in [1.54, 1.807) is 7.05 Å². The lowest BCUT2D eigenvalue weighted by Crippen LogP contribution is -2.11. The van der Waals surface area contributed by atoms with Gasteiger partial charge in [0.15, 0.2) is 0 Å². The molecule has 0 aromatic rings. The summed E-state index contributed by atoms with van der Waals surface area (Å²) >= 11 is 0. The maximum Gasteiger partial charge on any atom is 0.227 e. The first kappa shape index (κ1) is 6.45. The van der Waals surface area contributed by atoms with Gasteiger partial charge in [0.05, 0.1) is 6.54 Å². The summed E-state index contributed by atoms with van der Waals surface area (Å²) in [4.78, 5) is 4.60. The van der Waals surface area contributed by atoms with Crippen LogP contribution in [0.15, 0.2) is 0 Å². The van der Waals surface area contributed by atoms with E-state index in [2.05, 4.69) is 4.85 Å². The van der Waals surface area contributed by atoms with Gasteiger partial charge in [-0.3, -0.25) is 4.90 Å². The lowest BCUT2D eigenvalue weighted by Gasteiger charge is -1.99. The Labute approximate surface area is 44.6 Å². The van der Waals surface area contributed by atoms with Crippen LogP contribution in [-0.2, 0) is 0 Å². The minimum absolute atomic E-state index is 0.493. The second-order valence-electron chi connectivity index (χ2n) is 1.36. The first-order valence-electron chi connectivity index (χ1n) is 2.06. The molecule has 2 nitrogen and oxygen atoms in total. The molecule has 0 rings (SSSR count). The Bertz CT molecular complexity index is 70.6. The van der Waals surface area contributed by atoms with Gasteiger partial charge < -0.3 is 4.85 Å². The van der Waals surface area contributed by atoms with Crippen LogP contribution in [0.4, 0.5) is 0 Å². The van der Waals surface area contributed by atoms with E-state index in [9.17, 15) is 0 Å². The largest absolute Gasteiger partial charge is 0.316 e. The Morgan fingerprint density at radius 2 is 2.43 bits per heavy atom. The van der Waals surface area contributed by atoms with Crippen molar-refractivity contribution in [3.63, 3.8) is 0 Å². The van der Waals surface area contributed by atoms with Crippen molar-refractivity contribution in [2.24, 2.45) is 0 Å². The first-order valence-corrected chi connectivity index (χ1v) is 2.06. The molecule has 2 radical (unpaired) electrons. The van der Waals surface area contributed by atoms with Crippen LogP contribution in [0.25, 0.3) is 4.85 Å². The fourth-order valence-electron chi connectivity index (χ4n) is 0.208. The van der Waals surface area contributed by atoms with Crippen LogP contribution in [0, 0.1) is 13.6 Å². The quantitative estimate of drug-likeness (QED) is 0.359. The highest BCUT2D eigenvalue weighted by Gasteiger charge is 1.87. The molecular weight excluding hydrogens is 88.1 g/mol. The molecular formula is C5H8N2. The molecule has 7 heavy (non-hydrogen) atoms. The molecule has 0 saturated heterocycles. The first-order chi connectivity index (χ1) is 3.27. The van der Waals surface area contributed by atoms with Gasteiger partial charge in [0.25, 0.3) is 0 Å². The smallest absolute Gasteiger partial charge is 0.227 e. The zero-order chi connectivity index (χ0) is 5.70. The van der Waals surface area contributed by atoms with E-state index in [-0.39, 0.29) is 0 Å². The van der Waals surface area contributed by atoms with Crippen LogP contribution >= 0.6 is 0 Å². The number of hydrogen-bond donors (Lipinski definition) is 0. The lowest BCUT2D eigenvalue weighted by molar-refractivity contribution is 0.473. The third-order valence-electron chi connectivity index (χ3n) is 0.565. The summed E-state index contributed by atoms with van der Waals surface area (Å²) in [5.41, 5.74) is 0. The fraction of sp³-hybridized carbons (Fsp3) is 0.600. The zero-order valence-corrected chi connectivity index (χ0v) is 4.39. The average Bonchev–Trinajstić information content (AvgIpc) is 1.61. The molecule has 2 heteroatoms. The Morgan fingerprint density at radius 1 is 1.86 bits per heavy atom. The molecule has 0 atom stereocenters. The average molecular weight is 96.1 g/mol. The van der Waals surface area contributed by atoms with Crippen molar-refractivity contribution in [1.29, 1.82) is 0 Å². The van der Waals surface area contributed by atoms with Crippen LogP contribution in [0.1, 0.15) is 0 Å². The monoisotopic (exact) mass is 96.1 g/mol. The van der Waals surface area contributed by atoms with Crippen LogP contribution in [0.5, 0.6) is 0 Å². The van der Waals surface area contributed by atoms with Gasteiger partial charge in [-0.2, -0.15) is 0 Å². The molecule has 0 bridgehead atoms. The van der Waals surface area contributed by atoms with Crippen molar-refractivity contribution in [3.8, 4) is 0 Å². The topological polar surface area (TPSA) is 7.60 Å². The van der Waals surface area contributed by atoms with E-state index >= 15 is 0 Å². The van der Waals surface area contributed by atoms with Gasteiger partial charge in [-0.15, -0.1) is 0 Å². The Kier molecular flexibility index (Phi) is 3.35. The van der Waals surface area contributed by atoms with Crippen LogP contribution in [0.2, 0.25) is 0 Å². The summed E-state index contributed by atoms with van der Waals surface area (Å²) in [6.45, 7) is 7.49. The number of rotatable bonds is 2. The van der Waals surface area contributed by atoms with Crippen LogP contribution in [0.3, 0.4) is 0 Å². The standard InChI is InChI=1S/C5H8N2/c1-6-4-5-7(2)3/h2H,4-5H2,3H3. The Hall–Kier alpha value is -0.550. The summed E-state index contributed by atoms with van der Waals surface area (Å²) in [6, 6.07) is 0. The number of likely N-dealkylation sites (N-methyl/N-ethyl adjacent to an activating group) is 1. The Morgan fingerprint density at radius 3 is 2.57 bits per heavy atom. The summed E-state index contributed by atoms with van der Waals surface area (Å²) in [7, 11) is 6.91.